The Morgan fingerprint density at radius 3 is 2.62 bits per heavy atom. The monoisotopic (exact) mass is 421 g/mol. The number of para-hydroxylation sites is 2. The molecule has 0 aliphatic carbocycles. The Morgan fingerprint density at radius 1 is 1.06 bits per heavy atom. The molecule has 3 aromatic heterocycles. The fraction of sp³-hybridized carbons (Fsp3) is 0.0417. The van der Waals surface area contributed by atoms with Crippen molar-refractivity contribution in [3.63, 3.8) is 0 Å². The fourth-order valence-corrected chi connectivity index (χ4v) is 3.48. The van der Waals surface area contributed by atoms with Gasteiger partial charge in [0, 0.05) is 23.6 Å². The standard InChI is InChI=1S/C24H19N7O/c1-15-6-4-8-17(12-15)28-24(32)20-21-23(30-19-10-3-2-9-18(19)29-21)31(22(20)25)27-14-16-7-5-11-26-13-16/h2-14H,25H2,1H3,(H,28,32)/b27-14+. The van der Waals surface area contributed by atoms with Crippen LogP contribution < -0.4 is 11.1 Å². The van der Waals surface area contributed by atoms with E-state index in [2.05, 4.69) is 25.4 Å². The zero-order valence-corrected chi connectivity index (χ0v) is 17.2. The maximum Gasteiger partial charge on any atom is 0.261 e. The van der Waals surface area contributed by atoms with Crippen LogP contribution in [0, 0.1) is 6.92 Å². The van der Waals surface area contributed by atoms with Gasteiger partial charge in [0.25, 0.3) is 5.91 Å². The van der Waals surface area contributed by atoms with Crippen molar-refractivity contribution >= 4 is 45.8 Å². The summed E-state index contributed by atoms with van der Waals surface area (Å²) in [6.07, 6.45) is 4.97. The van der Waals surface area contributed by atoms with Crippen molar-refractivity contribution in [1.82, 2.24) is 19.6 Å². The summed E-state index contributed by atoms with van der Waals surface area (Å²) in [7, 11) is 0. The van der Waals surface area contributed by atoms with Crippen LogP contribution in [-0.2, 0) is 0 Å². The number of carbonyl (C=O) groups is 1. The van der Waals surface area contributed by atoms with Crippen LogP contribution in [0.3, 0.4) is 0 Å². The number of rotatable bonds is 4. The van der Waals surface area contributed by atoms with Gasteiger partial charge in [-0.15, -0.1) is 0 Å². The van der Waals surface area contributed by atoms with E-state index in [1.165, 1.54) is 4.68 Å². The largest absolute Gasteiger partial charge is 0.383 e. The van der Waals surface area contributed by atoms with Crippen LogP contribution in [-0.4, -0.2) is 31.7 Å². The van der Waals surface area contributed by atoms with E-state index in [-0.39, 0.29) is 17.3 Å². The van der Waals surface area contributed by atoms with Crippen molar-refractivity contribution in [3.8, 4) is 0 Å². The molecule has 1 amide bonds. The average molecular weight is 421 g/mol. The molecule has 0 fully saturated rings. The van der Waals surface area contributed by atoms with Gasteiger partial charge in [-0.2, -0.15) is 9.78 Å². The van der Waals surface area contributed by atoms with Gasteiger partial charge in [0.15, 0.2) is 5.65 Å². The number of hydrogen-bond donors (Lipinski definition) is 2. The molecule has 0 atom stereocenters. The number of carbonyl (C=O) groups excluding carboxylic acids is 1. The van der Waals surface area contributed by atoms with Crippen molar-refractivity contribution < 1.29 is 4.79 Å². The van der Waals surface area contributed by atoms with Crippen LogP contribution in [0.5, 0.6) is 0 Å². The quantitative estimate of drug-likeness (QED) is 0.426. The summed E-state index contributed by atoms with van der Waals surface area (Å²) in [5.41, 5.74) is 11.3. The molecular formula is C24H19N7O. The predicted octanol–water partition coefficient (Wildman–Crippen LogP) is 4.00. The molecule has 0 bridgehead atoms. The van der Waals surface area contributed by atoms with Gasteiger partial charge in [0.2, 0.25) is 0 Å². The number of nitrogen functional groups attached to an aromatic ring is 1. The Balaban J connectivity index is 1.67. The van der Waals surface area contributed by atoms with Crippen molar-refractivity contribution in [1.29, 1.82) is 0 Å². The van der Waals surface area contributed by atoms with Crippen LogP contribution in [0.15, 0.2) is 78.2 Å². The number of nitrogens with two attached hydrogens (primary N) is 1. The number of pyridine rings is 1. The molecule has 2 aromatic carbocycles. The minimum absolute atomic E-state index is 0.153. The summed E-state index contributed by atoms with van der Waals surface area (Å²) >= 11 is 0. The zero-order chi connectivity index (χ0) is 22.1. The van der Waals surface area contributed by atoms with Gasteiger partial charge in [-0.1, -0.05) is 30.3 Å². The third-order valence-electron chi connectivity index (χ3n) is 4.98. The molecule has 0 saturated heterocycles. The normalized spacial score (nSPS) is 11.4. The van der Waals surface area contributed by atoms with Crippen LogP contribution in [0.1, 0.15) is 21.5 Å². The van der Waals surface area contributed by atoms with Crippen molar-refractivity contribution in [2.45, 2.75) is 6.92 Å². The second-order valence-electron chi connectivity index (χ2n) is 7.31. The number of aromatic nitrogens is 4. The van der Waals surface area contributed by atoms with Crippen LogP contribution >= 0.6 is 0 Å². The van der Waals surface area contributed by atoms with E-state index in [0.717, 1.165) is 11.1 Å². The second-order valence-corrected chi connectivity index (χ2v) is 7.31. The summed E-state index contributed by atoms with van der Waals surface area (Å²) in [6.45, 7) is 1.96. The molecule has 0 unspecified atom stereocenters. The van der Waals surface area contributed by atoms with E-state index in [4.69, 9.17) is 5.73 Å². The number of nitrogens with zero attached hydrogens (tertiary/aromatic N) is 5. The molecule has 5 aromatic rings. The lowest BCUT2D eigenvalue weighted by atomic mass is 10.2. The van der Waals surface area contributed by atoms with Crippen molar-refractivity contribution in [2.75, 3.05) is 11.1 Å². The first-order valence-electron chi connectivity index (χ1n) is 9.99. The summed E-state index contributed by atoms with van der Waals surface area (Å²) in [5, 5.41) is 7.38. The first kappa shape index (κ1) is 19.4. The Hall–Kier alpha value is -4.59. The first-order chi connectivity index (χ1) is 15.6. The lowest BCUT2D eigenvalue weighted by Gasteiger charge is -2.06. The molecule has 0 saturated carbocycles. The molecule has 0 aliphatic rings. The molecule has 0 aliphatic heterocycles. The summed E-state index contributed by atoms with van der Waals surface area (Å²) in [6, 6.07) is 18.7. The molecule has 5 rings (SSSR count). The van der Waals surface area contributed by atoms with Crippen LogP contribution in [0.25, 0.3) is 22.2 Å². The average Bonchev–Trinajstić information content (AvgIpc) is 3.07. The Labute approximate surface area is 183 Å². The number of nitrogens with one attached hydrogen (secondary N) is 1. The van der Waals surface area contributed by atoms with Gasteiger partial charge < -0.3 is 11.1 Å². The molecule has 32 heavy (non-hydrogen) atoms. The van der Waals surface area contributed by atoms with Gasteiger partial charge in [0.05, 0.1) is 17.2 Å². The highest BCUT2D eigenvalue weighted by atomic mass is 16.1. The predicted molar refractivity (Wildman–Crippen MR) is 126 cm³/mol. The van der Waals surface area contributed by atoms with Gasteiger partial charge in [0.1, 0.15) is 16.9 Å². The summed E-state index contributed by atoms with van der Waals surface area (Å²) < 4.78 is 1.44. The zero-order valence-electron chi connectivity index (χ0n) is 17.2. The Morgan fingerprint density at radius 2 is 1.88 bits per heavy atom. The Bertz CT molecular complexity index is 1490. The molecule has 3 N–H and O–H groups in total. The highest BCUT2D eigenvalue weighted by Gasteiger charge is 2.24. The third kappa shape index (κ3) is 3.54. The molecule has 0 spiro atoms. The van der Waals surface area contributed by atoms with Crippen LogP contribution in [0.4, 0.5) is 11.5 Å². The molecule has 156 valence electrons. The first-order valence-corrected chi connectivity index (χ1v) is 9.99. The van der Waals surface area contributed by atoms with E-state index in [0.29, 0.717) is 27.9 Å². The van der Waals surface area contributed by atoms with Gasteiger partial charge in [-0.3, -0.25) is 9.78 Å². The maximum atomic E-state index is 13.2. The lowest BCUT2D eigenvalue weighted by molar-refractivity contribution is 0.102. The van der Waals surface area contributed by atoms with Crippen molar-refractivity contribution in [3.05, 3.63) is 89.7 Å². The smallest absolute Gasteiger partial charge is 0.261 e. The molecule has 3 heterocycles. The topological polar surface area (TPSA) is 111 Å². The molecule has 8 heteroatoms. The highest BCUT2D eigenvalue weighted by Crippen LogP contribution is 2.28. The van der Waals surface area contributed by atoms with E-state index < -0.39 is 0 Å². The minimum Gasteiger partial charge on any atom is -0.383 e. The second kappa shape index (κ2) is 7.92. The van der Waals surface area contributed by atoms with Gasteiger partial charge in [-0.05, 0) is 42.8 Å². The number of anilines is 2. The van der Waals surface area contributed by atoms with E-state index >= 15 is 0 Å². The van der Waals surface area contributed by atoms with E-state index in [1.54, 1.807) is 18.6 Å². The Kier molecular flexibility index (Phi) is 4.79. The molecule has 0 radical (unpaired) electrons. The van der Waals surface area contributed by atoms with Crippen molar-refractivity contribution in [2.24, 2.45) is 5.10 Å². The number of aryl methyl sites for hydroxylation is 1. The summed E-state index contributed by atoms with van der Waals surface area (Å²) in [5.74, 6) is -0.224. The minimum atomic E-state index is -0.377. The van der Waals surface area contributed by atoms with Crippen LogP contribution in [0.2, 0.25) is 0 Å². The molecular weight excluding hydrogens is 402 g/mol. The van der Waals surface area contributed by atoms with E-state index in [9.17, 15) is 4.79 Å². The maximum absolute atomic E-state index is 13.2. The molecule has 8 nitrogen and oxygen atoms in total. The van der Waals surface area contributed by atoms with Gasteiger partial charge >= 0.3 is 0 Å². The summed E-state index contributed by atoms with van der Waals surface area (Å²) in [4.78, 5) is 26.7. The SMILES string of the molecule is Cc1cccc(NC(=O)c2c(N)n(/N=C/c3cccnc3)c3nc4ccccc4nc23)c1. The number of hydrogen-bond acceptors (Lipinski definition) is 6. The van der Waals surface area contributed by atoms with E-state index in [1.807, 2.05) is 67.6 Å². The van der Waals surface area contributed by atoms with Gasteiger partial charge in [-0.25, -0.2) is 9.97 Å². The fourth-order valence-electron chi connectivity index (χ4n) is 3.48. The number of benzene rings is 2. The lowest BCUT2D eigenvalue weighted by Crippen LogP contribution is -2.14. The third-order valence-corrected chi connectivity index (χ3v) is 4.98. The highest BCUT2D eigenvalue weighted by molar-refractivity contribution is 6.16. The number of fused-ring (bicyclic) bond motifs is 2. The number of amides is 1.